The Morgan fingerprint density at radius 2 is 2.04 bits per heavy atom. The van der Waals surface area contributed by atoms with Crippen LogP contribution >= 0.6 is 0 Å². The second-order valence-corrected chi connectivity index (χ2v) is 5.85. The van der Waals surface area contributed by atoms with Gasteiger partial charge in [0.15, 0.2) is 11.6 Å². The summed E-state index contributed by atoms with van der Waals surface area (Å²) < 4.78 is 32.3. The van der Waals surface area contributed by atoms with Crippen LogP contribution in [0.3, 0.4) is 0 Å². The van der Waals surface area contributed by atoms with Gasteiger partial charge in [0.25, 0.3) is 0 Å². The Hall–Kier alpha value is -2.83. The first-order valence-corrected chi connectivity index (χ1v) is 7.53. The minimum atomic E-state index is -0.896. The summed E-state index contributed by atoms with van der Waals surface area (Å²) in [5, 5.41) is 10.4. The van der Waals surface area contributed by atoms with E-state index in [0.29, 0.717) is 11.9 Å². The smallest absolute Gasteiger partial charge is 0.309 e. The summed E-state index contributed by atoms with van der Waals surface area (Å²) in [5.74, 6) is -2.91. The number of benzene rings is 2. The predicted molar refractivity (Wildman–Crippen MR) is 80.9 cm³/mol. The van der Waals surface area contributed by atoms with E-state index >= 15 is 0 Å². The van der Waals surface area contributed by atoms with Crippen LogP contribution in [0, 0.1) is 17.6 Å². The molecule has 2 atom stereocenters. The van der Waals surface area contributed by atoms with E-state index in [4.69, 9.17) is 4.74 Å². The highest BCUT2D eigenvalue weighted by Crippen LogP contribution is 2.49. The minimum absolute atomic E-state index is 0.108. The van der Waals surface area contributed by atoms with E-state index in [1.165, 1.54) is 12.1 Å². The van der Waals surface area contributed by atoms with Gasteiger partial charge in [-0.3, -0.25) is 4.79 Å². The molecule has 1 heterocycles. The summed E-state index contributed by atoms with van der Waals surface area (Å²) in [6.07, 6.45) is 0.474. The molecule has 24 heavy (non-hydrogen) atoms. The summed E-state index contributed by atoms with van der Waals surface area (Å²) in [6, 6.07) is 9.38. The first kappa shape index (κ1) is 14.7. The van der Waals surface area contributed by atoms with Gasteiger partial charge < -0.3 is 4.74 Å². The van der Waals surface area contributed by atoms with Gasteiger partial charge >= 0.3 is 5.97 Å². The number of hydrogen-bond donors (Lipinski definition) is 1. The number of H-pyrrole nitrogens is 1. The van der Waals surface area contributed by atoms with Crippen molar-refractivity contribution in [3.63, 3.8) is 0 Å². The molecular formula is C17H13F2N3O2. The zero-order chi connectivity index (χ0) is 16.7. The first-order chi connectivity index (χ1) is 11.6. The van der Waals surface area contributed by atoms with Gasteiger partial charge in [0.2, 0.25) is 0 Å². The molecule has 0 amide bonds. The molecule has 0 spiro atoms. The third-order valence-corrected chi connectivity index (χ3v) is 4.24. The molecule has 1 aliphatic carbocycles. The van der Waals surface area contributed by atoms with Crippen LogP contribution in [0.1, 0.15) is 23.5 Å². The zero-order valence-electron chi connectivity index (χ0n) is 12.5. The average molecular weight is 329 g/mol. The Balaban J connectivity index is 1.39. The van der Waals surface area contributed by atoms with E-state index < -0.39 is 23.5 Å². The van der Waals surface area contributed by atoms with Crippen LogP contribution in [0.2, 0.25) is 0 Å². The second-order valence-electron chi connectivity index (χ2n) is 5.85. The van der Waals surface area contributed by atoms with E-state index in [0.717, 1.165) is 17.1 Å². The number of hydrogen-bond acceptors (Lipinski definition) is 4. The standard InChI is InChI=1S/C17H13F2N3O2/c18-13-3-1-2-10(16(13)19)11-7-12(11)17(23)24-8-9-4-5-14-15(6-9)21-22-20-14/h1-6,11-12H,7-8H2,(H,20,21,22)/t11-,12-/m0/s1. The quantitative estimate of drug-likeness (QED) is 0.747. The lowest BCUT2D eigenvalue weighted by atomic mass is 10.1. The lowest BCUT2D eigenvalue weighted by molar-refractivity contribution is -0.146. The molecule has 0 radical (unpaired) electrons. The predicted octanol–water partition coefficient (Wildman–Crippen LogP) is 3.08. The van der Waals surface area contributed by atoms with Crippen molar-refractivity contribution < 1.29 is 18.3 Å². The number of carbonyl (C=O) groups excluding carboxylic acids is 1. The first-order valence-electron chi connectivity index (χ1n) is 7.53. The molecule has 0 aliphatic heterocycles. The molecule has 4 rings (SSSR count). The minimum Gasteiger partial charge on any atom is -0.461 e. The number of esters is 1. The highest BCUT2D eigenvalue weighted by Gasteiger charge is 2.46. The monoisotopic (exact) mass is 329 g/mol. The van der Waals surface area contributed by atoms with Gasteiger partial charge in [0, 0.05) is 5.92 Å². The maximum atomic E-state index is 13.8. The number of fused-ring (bicyclic) bond motifs is 1. The van der Waals surface area contributed by atoms with Gasteiger partial charge in [-0.2, -0.15) is 15.4 Å². The largest absolute Gasteiger partial charge is 0.461 e. The van der Waals surface area contributed by atoms with Crippen LogP contribution in [0.25, 0.3) is 11.0 Å². The van der Waals surface area contributed by atoms with E-state index in [9.17, 15) is 13.6 Å². The highest BCUT2D eigenvalue weighted by atomic mass is 19.2. The third kappa shape index (κ3) is 2.62. The number of halogens is 2. The number of ether oxygens (including phenoxy) is 1. The van der Waals surface area contributed by atoms with Crippen molar-refractivity contribution in [2.24, 2.45) is 5.92 Å². The topological polar surface area (TPSA) is 67.9 Å². The van der Waals surface area contributed by atoms with Crippen molar-refractivity contribution in [1.82, 2.24) is 15.4 Å². The molecule has 5 nitrogen and oxygen atoms in total. The maximum absolute atomic E-state index is 13.8. The average Bonchev–Trinajstić information content (AvgIpc) is 3.24. The summed E-state index contributed by atoms with van der Waals surface area (Å²) in [5.41, 5.74) is 2.45. The molecule has 0 unspecified atom stereocenters. The van der Waals surface area contributed by atoms with Crippen LogP contribution in [0.5, 0.6) is 0 Å². The van der Waals surface area contributed by atoms with E-state index in [1.54, 1.807) is 18.2 Å². The molecule has 1 aromatic heterocycles. The van der Waals surface area contributed by atoms with Crippen molar-refractivity contribution in [2.75, 3.05) is 0 Å². The molecule has 2 aromatic carbocycles. The summed E-state index contributed by atoms with van der Waals surface area (Å²) in [7, 11) is 0. The van der Waals surface area contributed by atoms with Gasteiger partial charge in [-0.15, -0.1) is 0 Å². The van der Waals surface area contributed by atoms with Crippen LogP contribution < -0.4 is 0 Å². The maximum Gasteiger partial charge on any atom is 0.309 e. The van der Waals surface area contributed by atoms with Crippen LogP contribution in [0.4, 0.5) is 8.78 Å². The number of nitrogens with zero attached hydrogens (tertiary/aromatic N) is 2. The Bertz CT molecular complexity index is 925. The molecule has 0 saturated heterocycles. The van der Waals surface area contributed by atoms with Crippen molar-refractivity contribution in [3.05, 3.63) is 59.2 Å². The number of nitrogens with one attached hydrogen (secondary N) is 1. The lowest BCUT2D eigenvalue weighted by Crippen LogP contribution is -2.08. The molecule has 1 aliphatic rings. The zero-order valence-corrected chi connectivity index (χ0v) is 12.5. The molecule has 1 saturated carbocycles. The van der Waals surface area contributed by atoms with Gasteiger partial charge in [-0.05, 0) is 35.7 Å². The molecule has 3 aromatic rings. The summed E-state index contributed by atoms with van der Waals surface area (Å²) in [6.45, 7) is 0.108. The number of rotatable bonds is 4. The van der Waals surface area contributed by atoms with Crippen molar-refractivity contribution >= 4 is 17.0 Å². The van der Waals surface area contributed by atoms with Gasteiger partial charge in [0.1, 0.15) is 17.6 Å². The Morgan fingerprint density at radius 3 is 2.92 bits per heavy atom. The Labute approximate surface area is 135 Å². The van der Waals surface area contributed by atoms with Crippen molar-refractivity contribution in [1.29, 1.82) is 0 Å². The van der Waals surface area contributed by atoms with E-state index in [2.05, 4.69) is 15.4 Å². The van der Waals surface area contributed by atoms with Gasteiger partial charge in [-0.1, -0.05) is 18.2 Å². The fourth-order valence-electron chi connectivity index (χ4n) is 2.84. The third-order valence-electron chi connectivity index (χ3n) is 4.24. The molecule has 0 bridgehead atoms. The molecule has 1 fully saturated rings. The number of aromatic amines is 1. The van der Waals surface area contributed by atoms with Gasteiger partial charge in [-0.25, -0.2) is 8.78 Å². The fourth-order valence-corrected chi connectivity index (χ4v) is 2.84. The van der Waals surface area contributed by atoms with Gasteiger partial charge in [0.05, 0.1) is 5.92 Å². The molecule has 122 valence electrons. The van der Waals surface area contributed by atoms with Crippen LogP contribution in [-0.2, 0) is 16.1 Å². The second kappa shape index (κ2) is 5.67. The highest BCUT2D eigenvalue weighted by molar-refractivity contribution is 5.78. The normalized spacial score (nSPS) is 19.4. The Morgan fingerprint density at radius 1 is 1.21 bits per heavy atom. The van der Waals surface area contributed by atoms with Crippen LogP contribution in [-0.4, -0.2) is 21.4 Å². The fraction of sp³-hybridized carbons (Fsp3) is 0.235. The van der Waals surface area contributed by atoms with Crippen molar-refractivity contribution in [2.45, 2.75) is 18.9 Å². The van der Waals surface area contributed by atoms with E-state index in [-0.39, 0.29) is 18.1 Å². The van der Waals surface area contributed by atoms with E-state index in [1.807, 2.05) is 0 Å². The lowest BCUT2D eigenvalue weighted by Gasteiger charge is -2.06. The number of aromatic nitrogens is 3. The Kier molecular flexibility index (Phi) is 3.48. The van der Waals surface area contributed by atoms with Crippen molar-refractivity contribution in [3.8, 4) is 0 Å². The summed E-state index contributed by atoms with van der Waals surface area (Å²) in [4.78, 5) is 12.1. The summed E-state index contributed by atoms with van der Waals surface area (Å²) >= 11 is 0. The molecule has 1 N–H and O–H groups in total. The number of carbonyl (C=O) groups is 1. The SMILES string of the molecule is O=C(OCc1ccc2n[nH]nc2c1)[C@H]1C[C@H]1c1cccc(F)c1F. The molecule has 7 heteroatoms. The molecular weight excluding hydrogens is 316 g/mol. The van der Waals surface area contributed by atoms with Crippen LogP contribution in [0.15, 0.2) is 36.4 Å².